The number of methoxy groups -OCH3 is 3. The highest BCUT2D eigenvalue weighted by Crippen LogP contribution is 2.39. The van der Waals surface area contributed by atoms with Crippen molar-refractivity contribution in [3.63, 3.8) is 0 Å². The first-order valence-corrected chi connectivity index (χ1v) is 22.4. The van der Waals surface area contributed by atoms with Gasteiger partial charge in [-0.2, -0.15) is 0 Å². The van der Waals surface area contributed by atoms with Crippen molar-refractivity contribution in [2.75, 3.05) is 60.9 Å². The standard InChI is InChI=1S/C47H60N8O9/c1-28-5-14-38(55(28)45(57)41(53-47(59)62-4)35-17-21-64-22-18-35)42-48-24-36(50-42)32-10-6-30(7-11-32)31-8-12-33(13-9-31)37-25-49-43(51-37)39-23-29(27-60-2)26-54(39)44(56)40(52-46(58)61-3)34-15-19-63-20-16-34/h6-13,24-25,28-29,34-35,38-41H,5,14-23,26-27H2,1-4H3,(H,48,50)(H,49,51)(H,52,58)(H,53,59)/t28-,29-,38-,39-,40-,41-/m0/s1. The van der Waals surface area contributed by atoms with Crippen LogP contribution >= 0.6 is 0 Å². The maximum Gasteiger partial charge on any atom is 0.407 e. The normalized spacial score (nSPS) is 22.8. The summed E-state index contributed by atoms with van der Waals surface area (Å²) in [7, 11) is 4.27. The molecule has 17 heteroatoms. The Labute approximate surface area is 373 Å². The highest BCUT2D eigenvalue weighted by molar-refractivity contribution is 5.87. The molecule has 17 nitrogen and oxygen atoms in total. The molecule has 0 saturated carbocycles. The zero-order valence-electron chi connectivity index (χ0n) is 37.0. The molecule has 0 unspecified atom stereocenters. The van der Waals surface area contributed by atoms with Crippen LogP contribution in [0.15, 0.2) is 60.9 Å². The second-order valence-electron chi connectivity index (χ2n) is 17.4. The third-order valence-corrected chi connectivity index (χ3v) is 13.5. The minimum atomic E-state index is -0.739. The van der Waals surface area contributed by atoms with Crippen LogP contribution in [0.3, 0.4) is 0 Å². The summed E-state index contributed by atoms with van der Waals surface area (Å²) in [4.78, 5) is 73.5. The van der Waals surface area contributed by atoms with E-state index >= 15 is 0 Å². The van der Waals surface area contributed by atoms with Crippen molar-refractivity contribution < 1.29 is 42.9 Å². The number of H-pyrrole nitrogens is 2. The second-order valence-corrected chi connectivity index (χ2v) is 17.4. The first kappa shape index (κ1) is 44.8. The number of nitrogens with one attached hydrogen (secondary N) is 4. The number of aromatic amines is 2. The molecule has 4 saturated heterocycles. The van der Waals surface area contributed by atoms with E-state index in [4.69, 9.17) is 33.7 Å². The van der Waals surface area contributed by atoms with Gasteiger partial charge in [-0.05, 0) is 86.0 Å². The van der Waals surface area contributed by atoms with Crippen LogP contribution < -0.4 is 10.6 Å². The van der Waals surface area contributed by atoms with Crippen molar-refractivity contribution in [3.8, 4) is 33.6 Å². The predicted molar refractivity (Wildman–Crippen MR) is 236 cm³/mol. The monoisotopic (exact) mass is 880 g/mol. The number of hydrogen-bond acceptors (Lipinski definition) is 11. The lowest BCUT2D eigenvalue weighted by Gasteiger charge is -2.36. The molecule has 4 amide bonds. The summed E-state index contributed by atoms with van der Waals surface area (Å²) >= 11 is 0. The first-order chi connectivity index (χ1) is 31.1. The Morgan fingerprint density at radius 3 is 1.62 bits per heavy atom. The molecule has 0 aliphatic carbocycles. The molecule has 4 aliphatic heterocycles. The fourth-order valence-corrected chi connectivity index (χ4v) is 9.97. The number of ether oxygens (including phenoxy) is 5. The Balaban J connectivity index is 0.941. The predicted octanol–water partition coefficient (Wildman–Crippen LogP) is 6.02. The van der Waals surface area contributed by atoms with Crippen LogP contribution in [0.5, 0.6) is 0 Å². The van der Waals surface area contributed by atoms with Gasteiger partial charge in [-0.1, -0.05) is 48.5 Å². The van der Waals surface area contributed by atoms with E-state index in [1.807, 2.05) is 22.9 Å². The zero-order valence-corrected chi connectivity index (χ0v) is 37.0. The molecule has 4 aliphatic rings. The molecule has 6 atom stereocenters. The smallest absolute Gasteiger partial charge is 0.407 e. The largest absolute Gasteiger partial charge is 0.453 e. The molecule has 2 aromatic heterocycles. The highest BCUT2D eigenvalue weighted by Gasteiger charge is 2.45. The van der Waals surface area contributed by atoms with E-state index in [9.17, 15) is 19.2 Å². The minimum absolute atomic E-state index is 0.0190. The molecule has 342 valence electrons. The number of rotatable bonds is 13. The van der Waals surface area contributed by atoms with Crippen LogP contribution in [0.1, 0.15) is 75.6 Å². The van der Waals surface area contributed by atoms with Gasteiger partial charge in [0, 0.05) is 52.0 Å². The number of carbonyl (C=O) groups excluding carboxylic acids is 4. The third kappa shape index (κ3) is 9.81. The average molecular weight is 881 g/mol. The van der Waals surface area contributed by atoms with E-state index in [0.717, 1.165) is 52.3 Å². The van der Waals surface area contributed by atoms with Crippen LogP contribution in [-0.2, 0) is 33.3 Å². The number of aromatic nitrogens is 4. The van der Waals surface area contributed by atoms with Crippen LogP contribution in [0.25, 0.3) is 33.6 Å². The number of alkyl carbamates (subject to hydrolysis) is 2. The van der Waals surface area contributed by atoms with Gasteiger partial charge < -0.3 is 54.1 Å². The SMILES string of the molecule is COC[C@H]1C[C@@H](c2ncc(-c3ccc(-c4ccc(-c5cnc([C@@H]6CC[C@H](C)N6C(=O)[C@@H](NC(=O)OC)C6CCOCC6)[nH]5)cc4)cc3)[nH]2)N(C(=O)[C@@H](NC(=O)OC)C2CCOCC2)C1. The van der Waals surface area contributed by atoms with Gasteiger partial charge in [-0.25, -0.2) is 19.6 Å². The summed E-state index contributed by atoms with van der Waals surface area (Å²) in [5.74, 6) is 1.12. The molecule has 6 heterocycles. The number of benzene rings is 2. The number of imidazole rings is 2. The number of carbonyl (C=O) groups is 4. The van der Waals surface area contributed by atoms with Gasteiger partial charge in [0.15, 0.2) is 0 Å². The summed E-state index contributed by atoms with van der Waals surface area (Å²) < 4.78 is 26.4. The molecule has 4 aromatic rings. The quantitative estimate of drug-likeness (QED) is 0.122. The molecule has 0 bridgehead atoms. The van der Waals surface area contributed by atoms with Gasteiger partial charge in [0.2, 0.25) is 11.8 Å². The molecule has 0 spiro atoms. The first-order valence-electron chi connectivity index (χ1n) is 22.4. The Morgan fingerprint density at radius 1 is 0.672 bits per heavy atom. The molecule has 64 heavy (non-hydrogen) atoms. The van der Waals surface area contributed by atoms with E-state index < -0.39 is 24.3 Å². The van der Waals surface area contributed by atoms with E-state index in [2.05, 4.69) is 69.1 Å². The van der Waals surface area contributed by atoms with Gasteiger partial charge in [0.05, 0.1) is 56.7 Å². The lowest BCUT2D eigenvalue weighted by molar-refractivity contribution is -0.139. The molecule has 8 rings (SSSR count). The summed E-state index contributed by atoms with van der Waals surface area (Å²) in [5.41, 5.74) is 5.69. The number of likely N-dealkylation sites (tertiary alicyclic amines) is 2. The van der Waals surface area contributed by atoms with Crippen LogP contribution in [0, 0.1) is 17.8 Å². The van der Waals surface area contributed by atoms with E-state index in [-0.39, 0.29) is 47.7 Å². The Hall–Kier alpha value is -5.78. The van der Waals surface area contributed by atoms with Crippen LogP contribution in [0.2, 0.25) is 0 Å². The van der Waals surface area contributed by atoms with Crippen molar-refractivity contribution in [3.05, 3.63) is 72.6 Å². The minimum Gasteiger partial charge on any atom is -0.453 e. The van der Waals surface area contributed by atoms with E-state index in [1.54, 1.807) is 13.3 Å². The van der Waals surface area contributed by atoms with Gasteiger partial charge in [0.25, 0.3) is 0 Å². The van der Waals surface area contributed by atoms with Gasteiger partial charge in [-0.3, -0.25) is 9.59 Å². The topological polar surface area (TPSA) is 202 Å². The van der Waals surface area contributed by atoms with E-state index in [0.29, 0.717) is 77.5 Å². The molecule has 0 radical (unpaired) electrons. The van der Waals surface area contributed by atoms with Crippen molar-refractivity contribution in [2.45, 2.75) is 82.1 Å². The number of hydrogen-bond donors (Lipinski definition) is 4. The fraction of sp³-hybridized carbons (Fsp3) is 0.532. The van der Waals surface area contributed by atoms with Gasteiger partial charge in [0.1, 0.15) is 23.7 Å². The zero-order chi connectivity index (χ0) is 44.7. The highest BCUT2D eigenvalue weighted by atomic mass is 16.5. The lowest BCUT2D eigenvalue weighted by Crippen LogP contribution is -2.54. The summed E-state index contributed by atoms with van der Waals surface area (Å²) in [6, 6.07) is 14.5. The van der Waals surface area contributed by atoms with Gasteiger partial charge in [-0.15, -0.1) is 0 Å². The summed E-state index contributed by atoms with van der Waals surface area (Å²) in [5, 5.41) is 5.66. The Bertz CT molecular complexity index is 2220. The van der Waals surface area contributed by atoms with Crippen LogP contribution in [-0.4, -0.2) is 133 Å². The molecule has 4 fully saturated rings. The van der Waals surface area contributed by atoms with Crippen LogP contribution in [0.4, 0.5) is 9.59 Å². The summed E-state index contributed by atoms with van der Waals surface area (Å²) in [6.07, 6.45) is 7.32. The average Bonchev–Trinajstić information content (AvgIpc) is 4.17. The van der Waals surface area contributed by atoms with E-state index in [1.165, 1.54) is 14.2 Å². The van der Waals surface area contributed by atoms with Crippen molar-refractivity contribution >= 4 is 24.0 Å². The second kappa shape index (κ2) is 20.4. The third-order valence-electron chi connectivity index (χ3n) is 13.5. The van der Waals surface area contributed by atoms with Crippen molar-refractivity contribution in [2.24, 2.45) is 17.8 Å². The summed E-state index contributed by atoms with van der Waals surface area (Å²) in [6.45, 7) is 5.21. The van der Waals surface area contributed by atoms with Crippen molar-refractivity contribution in [1.82, 2.24) is 40.4 Å². The maximum atomic E-state index is 14.3. The lowest BCUT2D eigenvalue weighted by atomic mass is 9.90. The maximum absolute atomic E-state index is 14.3. The Kier molecular flexibility index (Phi) is 14.3. The molecular formula is C47H60N8O9. The van der Waals surface area contributed by atoms with Crippen molar-refractivity contribution in [1.29, 1.82) is 0 Å². The molecule has 4 N–H and O–H groups in total. The Morgan fingerprint density at radius 2 is 1.14 bits per heavy atom. The number of amides is 4. The van der Waals surface area contributed by atoms with Gasteiger partial charge >= 0.3 is 12.2 Å². The molecular weight excluding hydrogens is 821 g/mol. The molecule has 2 aromatic carbocycles. The fourth-order valence-electron chi connectivity index (χ4n) is 9.97. The number of nitrogens with zero attached hydrogens (tertiary/aromatic N) is 4.